The van der Waals surface area contributed by atoms with Crippen molar-refractivity contribution in [3.63, 3.8) is 0 Å². The summed E-state index contributed by atoms with van der Waals surface area (Å²) in [6.07, 6.45) is 3.41. The first-order valence-electron chi connectivity index (χ1n) is 5.18. The molecule has 5 heteroatoms. The molecule has 0 amide bonds. The Balaban J connectivity index is 2.11. The molecule has 0 bridgehead atoms. The molecular weight excluding hydrogens is 192 g/mol. The second-order valence-electron chi connectivity index (χ2n) is 3.52. The lowest BCUT2D eigenvalue weighted by atomic mass is 10.1. The zero-order valence-corrected chi connectivity index (χ0v) is 9.10. The van der Waals surface area contributed by atoms with Crippen molar-refractivity contribution in [1.29, 1.82) is 0 Å². The second-order valence-corrected chi connectivity index (χ2v) is 3.52. The molecule has 0 atom stereocenters. The van der Waals surface area contributed by atoms with Gasteiger partial charge < -0.3 is 15.0 Å². The van der Waals surface area contributed by atoms with Crippen LogP contribution in [0.5, 0.6) is 5.75 Å². The van der Waals surface area contributed by atoms with Crippen LogP contribution >= 0.6 is 0 Å². The minimum absolute atomic E-state index is 0.531. The minimum Gasteiger partial charge on any atom is -0.494 e. The average molecular weight is 208 g/mol. The molecule has 0 unspecified atom stereocenters. The highest BCUT2D eigenvalue weighted by molar-refractivity contribution is 5.34. The molecule has 82 valence electrons. The maximum Gasteiger partial charge on any atom is 0.225 e. The summed E-state index contributed by atoms with van der Waals surface area (Å²) in [6, 6.07) is 0.531. The number of likely N-dealkylation sites (N-methyl/N-ethyl adjacent to an activating group) is 1. The van der Waals surface area contributed by atoms with Crippen LogP contribution in [0, 0.1) is 0 Å². The Morgan fingerprint density at radius 2 is 2.13 bits per heavy atom. The number of rotatable bonds is 4. The third-order valence-electron chi connectivity index (χ3n) is 2.65. The predicted molar refractivity (Wildman–Crippen MR) is 58.3 cm³/mol. The molecule has 2 heterocycles. The van der Waals surface area contributed by atoms with Crippen molar-refractivity contribution < 1.29 is 4.74 Å². The maximum absolute atomic E-state index is 5.03. The quantitative estimate of drug-likeness (QED) is 0.770. The molecular formula is C10H16N4O. The van der Waals surface area contributed by atoms with Gasteiger partial charge in [0, 0.05) is 19.6 Å². The molecule has 1 saturated heterocycles. The third-order valence-corrected chi connectivity index (χ3v) is 2.65. The highest BCUT2D eigenvalue weighted by atomic mass is 16.5. The van der Waals surface area contributed by atoms with Crippen LogP contribution < -0.4 is 15.0 Å². The van der Waals surface area contributed by atoms with Gasteiger partial charge in [-0.05, 0) is 6.92 Å². The van der Waals surface area contributed by atoms with Gasteiger partial charge in [-0.2, -0.15) is 0 Å². The number of aromatic nitrogens is 2. The Morgan fingerprint density at radius 3 is 2.53 bits per heavy atom. The molecule has 1 fully saturated rings. The van der Waals surface area contributed by atoms with Crippen molar-refractivity contribution in [1.82, 2.24) is 15.3 Å². The summed E-state index contributed by atoms with van der Waals surface area (Å²) < 4.78 is 5.03. The van der Waals surface area contributed by atoms with E-state index in [-0.39, 0.29) is 0 Å². The average Bonchev–Trinajstić information content (AvgIpc) is 2.23. The van der Waals surface area contributed by atoms with Crippen LogP contribution in [0.1, 0.15) is 6.92 Å². The molecule has 0 aliphatic carbocycles. The summed E-state index contributed by atoms with van der Waals surface area (Å²) >= 11 is 0. The number of nitrogens with zero attached hydrogens (tertiary/aromatic N) is 3. The molecule has 15 heavy (non-hydrogen) atoms. The Bertz CT molecular complexity index is 310. The fourth-order valence-electron chi connectivity index (χ4n) is 1.62. The van der Waals surface area contributed by atoms with Crippen LogP contribution in [-0.2, 0) is 0 Å². The van der Waals surface area contributed by atoms with Crippen LogP contribution in [0.2, 0.25) is 0 Å². The van der Waals surface area contributed by atoms with E-state index < -0.39 is 0 Å². The zero-order valence-electron chi connectivity index (χ0n) is 9.10. The standard InChI is InChI=1S/C10H16N4O/c1-3-14(8-4-11-5-8)10-12-6-9(15-2)7-13-10/h6-8,11H,3-5H2,1-2H3. The van der Waals surface area contributed by atoms with Crippen LogP contribution in [0.25, 0.3) is 0 Å². The summed E-state index contributed by atoms with van der Waals surface area (Å²) in [5.41, 5.74) is 0. The van der Waals surface area contributed by atoms with E-state index in [4.69, 9.17) is 4.74 Å². The van der Waals surface area contributed by atoms with Gasteiger partial charge in [0.2, 0.25) is 5.95 Å². The molecule has 1 aromatic heterocycles. The molecule has 0 aromatic carbocycles. The number of anilines is 1. The van der Waals surface area contributed by atoms with E-state index in [1.54, 1.807) is 19.5 Å². The Kier molecular flexibility index (Phi) is 3.01. The van der Waals surface area contributed by atoms with E-state index in [9.17, 15) is 0 Å². The van der Waals surface area contributed by atoms with E-state index in [1.807, 2.05) is 0 Å². The predicted octanol–water partition coefficient (Wildman–Crippen LogP) is 0.283. The fourth-order valence-corrected chi connectivity index (χ4v) is 1.62. The van der Waals surface area contributed by atoms with E-state index in [1.165, 1.54) is 0 Å². The minimum atomic E-state index is 0.531. The summed E-state index contributed by atoms with van der Waals surface area (Å²) in [6.45, 7) is 5.08. The van der Waals surface area contributed by atoms with Gasteiger partial charge in [0.1, 0.15) is 0 Å². The van der Waals surface area contributed by atoms with E-state index in [0.717, 1.165) is 25.6 Å². The molecule has 0 saturated carbocycles. The topological polar surface area (TPSA) is 50.3 Å². The number of methoxy groups -OCH3 is 1. The van der Waals surface area contributed by atoms with Gasteiger partial charge in [-0.15, -0.1) is 0 Å². The molecule has 0 radical (unpaired) electrons. The van der Waals surface area contributed by atoms with Crippen molar-refractivity contribution in [2.75, 3.05) is 31.6 Å². The van der Waals surface area contributed by atoms with Gasteiger partial charge in [-0.25, -0.2) is 9.97 Å². The lowest BCUT2D eigenvalue weighted by Gasteiger charge is -2.37. The van der Waals surface area contributed by atoms with Crippen LogP contribution in [0.4, 0.5) is 5.95 Å². The van der Waals surface area contributed by atoms with Crippen molar-refractivity contribution >= 4 is 5.95 Å². The summed E-state index contributed by atoms with van der Waals surface area (Å²) in [5, 5.41) is 3.25. The van der Waals surface area contributed by atoms with Gasteiger partial charge in [0.15, 0.2) is 5.75 Å². The monoisotopic (exact) mass is 208 g/mol. The largest absolute Gasteiger partial charge is 0.494 e. The molecule has 0 spiro atoms. The van der Waals surface area contributed by atoms with Gasteiger partial charge in [-0.3, -0.25) is 0 Å². The first kappa shape index (κ1) is 10.2. The van der Waals surface area contributed by atoms with E-state index >= 15 is 0 Å². The molecule has 1 N–H and O–H groups in total. The normalized spacial score (nSPS) is 15.9. The van der Waals surface area contributed by atoms with Crippen molar-refractivity contribution in [3.05, 3.63) is 12.4 Å². The highest BCUT2D eigenvalue weighted by Crippen LogP contribution is 2.15. The Labute approximate surface area is 89.5 Å². The first-order valence-corrected chi connectivity index (χ1v) is 5.18. The number of hydrogen-bond acceptors (Lipinski definition) is 5. The third kappa shape index (κ3) is 2.02. The second kappa shape index (κ2) is 4.44. The molecule has 1 aromatic rings. The van der Waals surface area contributed by atoms with Gasteiger partial charge in [0.25, 0.3) is 0 Å². The smallest absolute Gasteiger partial charge is 0.225 e. The number of nitrogens with one attached hydrogen (secondary N) is 1. The Hall–Kier alpha value is -1.36. The SMILES string of the molecule is CCN(c1ncc(OC)cn1)C1CNC1. The summed E-state index contributed by atoms with van der Waals surface area (Å²) in [4.78, 5) is 10.8. The van der Waals surface area contributed by atoms with Gasteiger partial charge in [0.05, 0.1) is 25.5 Å². The lowest BCUT2D eigenvalue weighted by molar-refractivity contribution is 0.403. The van der Waals surface area contributed by atoms with Crippen molar-refractivity contribution in [2.24, 2.45) is 0 Å². The summed E-state index contributed by atoms with van der Waals surface area (Å²) in [7, 11) is 1.62. The van der Waals surface area contributed by atoms with Crippen molar-refractivity contribution in [2.45, 2.75) is 13.0 Å². The molecule has 1 aliphatic rings. The van der Waals surface area contributed by atoms with Gasteiger partial charge in [-0.1, -0.05) is 0 Å². The first-order chi connectivity index (χ1) is 7.35. The fraction of sp³-hybridized carbons (Fsp3) is 0.600. The van der Waals surface area contributed by atoms with Crippen LogP contribution in [-0.4, -0.2) is 42.8 Å². The van der Waals surface area contributed by atoms with Crippen LogP contribution in [0.15, 0.2) is 12.4 Å². The van der Waals surface area contributed by atoms with E-state index in [2.05, 4.69) is 27.1 Å². The van der Waals surface area contributed by atoms with Crippen LogP contribution in [0.3, 0.4) is 0 Å². The van der Waals surface area contributed by atoms with Crippen molar-refractivity contribution in [3.8, 4) is 5.75 Å². The van der Waals surface area contributed by atoms with Gasteiger partial charge >= 0.3 is 0 Å². The molecule has 1 aliphatic heterocycles. The molecule has 5 nitrogen and oxygen atoms in total. The number of hydrogen-bond donors (Lipinski definition) is 1. The zero-order chi connectivity index (χ0) is 10.7. The number of ether oxygens (including phenoxy) is 1. The Morgan fingerprint density at radius 1 is 1.47 bits per heavy atom. The highest BCUT2D eigenvalue weighted by Gasteiger charge is 2.25. The van der Waals surface area contributed by atoms with E-state index in [0.29, 0.717) is 11.8 Å². The lowest BCUT2D eigenvalue weighted by Crippen LogP contribution is -2.57. The molecule has 2 rings (SSSR count). The summed E-state index contributed by atoms with van der Waals surface area (Å²) in [5.74, 6) is 1.48. The maximum atomic E-state index is 5.03.